The highest BCUT2D eigenvalue weighted by molar-refractivity contribution is 6.42. The van der Waals surface area contributed by atoms with Gasteiger partial charge in [0, 0.05) is 6.54 Å². The van der Waals surface area contributed by atoms with Gasteiger partial charge in [-0.2, -0.15) is 0 Å². The summed E-state index contributed by atoms with van der Waals surface area (Å²) in [6, 6.07) is 20.0. The third kappa shape index (κ3) is 5.11. The van der Waals surface area contributed by atoms with Crippen LogP contribution in [-0.4, -0.2) is 35.7 Å². The molecule has 0 radical (unpaired) electrons. The van der Waals surface area contributed by atoms with Crippen LogP contribution in [0.2, 0.25) is 10.0 Å². The summed E-state index contributed by atoms with van der Waals surface area (Å²) in [5.41, 5.74) is 2.67. The van der Waals surface area contributed by atoms with Gasteiger partial charge in [-0.25, -0.2) is 0 Å². The van der Waals surface area contributed by atoms with Gasteiger partial charge in [0.25, 0.3) is 0 Å². The molecule has 2 unspecified atom stereocenters. The molecule has 5 nitrogen and oxygen atoms in total. The maximum atomic E-state index is 12.0. The maximum absolute atomic E-state index is 12.0. The molecule has 1 heterocycles. The lowest BCUT2D eigenvalue weighted by Crippen LogP contribution is -2.39. The molecule has 0 aromatic heterocycles. The molecule has 1 fully saturated rings. The predicted molar refractivity (Wildman–Crippen MR) is 129 cm³/mol. The summed E-state index contributed by atoms with van der Waals surface area (Å²) in [5, 5.41) is 10.7. The fraction of sp³-hybridized carbons (Fsp3) is 0.269. The van der Waals surface area contributed by atoms with Crippen molar-refractivity contribution < 1.29 is 19.4 Å². The van der Waals surface area contributed by atoms with E-state index in [2.05, 4.69) is 0 Å². The molecule has 3 aromatic carbocycles. The lowest BCUT2D eigenvalue weighted by Gasteiger charge is -2.33. The number of hydrogen-bond donors (Lipinski definition) is 1. The van der Waals surface area contributed by atoms with Gasteiger partial charge in [-0.15, -0.1) is 0 Å². The first kappa shape index (κ1) is 23.4. The van der Waals surface area contributed by atoms with E-state index in [0.29, 0.717) is 41.1 Å². The Balaban J connectivity index is 1.72. The summed E-state index contributed by atoms with van der Waals surface area (Å²) in [5.74, 6) is 0.334. The summed E-state index contributed by atoms with van der Waals surface area (Å²) in [7, 11) is 1.59. The molecule has 0 bridgehead atoms. The molecule has 1 aliphatic rings. The topological polar surface area (TPSA) is 59.0 Å². The minimum Gasteiger partial charge on any atom is -0.493 e. The fourth-order valence-electron chi connectivity index (χ4n) is 4.35. The van der Waals surface area contributed by atoms with Gasteiger partial charge in [-0.3, -0.25) is 9.69 Å². The number of carbonyl (C=O) groups is 1. The summed E-state index contributed by atoms with van der Waals surface area (Å²) >= 11 is 12.9. The highest BCUT2D eigenvalue weighted by Gasteiger charge is 2.38. The fourth-order valence-corrected chi connectivity index (χ4v) is 4.76. The highest BCUT2D eigenvalue weighted by Crippen LogP contribution is 2.42. The minimum atomic E-state index is -0.842. The van der Waals surface area contributed by atoms with Gasteiger partial charge >= 0.3 is 5.97 Å². The smallest absolute Gasteiger partial charge is 0.320 e. The Kier molecular flexibility index (Phi) is 7.43. The number of carboxylic acids is 1. The number of benzene rings is 3. The van der Waals surface area contributed by atoms with Crippen molar-refractivity contribution in [1.29, 1.82) is 0 Å². The SMILES string of the molecule is COc1cc(C(c2cccc(Cl)c2Cl)N2CCCC2C(=O)O)ccc1OCc1ccccc1. The average molecular weight is 486 g/mol. The van der Waals surface area contributed by atoms with Crippen molar-refractivity contribution in [2.75, 3.05) is 13.7 Å². The first-order chi connectivity index (χ1) is 16.0. The molecule has 2 atom stereocenters. The molecule has 0 saturated carbocycles. The van der Waals surface area contributed by atoms with Gasteiger partial charge in [-0.05, 0) is 47.7 Å². The quantitative estimate of drug-likeness (QED) is 0.410. The van der Waals surface area contributed by atoms with E-state index in [1.165, 1.54) is 0 Å². The van der Waals surface area contributed by atoms with E-state index < -0.39 is 18.1 Å². The number of hydrogen-bond acceptors (Lipinski definition) is 4. The van der Waals surface area contributed by atoms with Crippen LogP contribution < -0.4 is 9.47 Å². The van der Waals surface area contributed by atoms with Gasteiger partial charge in [-0.1, -0.05) is 71.7 Å². The van der Waals surface area contributed by atoms with E-state index in [4.69, 9.17) is 32.7 Å². The van der Waals surface area contributed by atoms with E-state index in [9.17, 15) is 9.90 Å². The number of methoxy groups -OCH3 is 1. The van der Waals surface area contributed by atoms with E-state index in [0.717, 1.165) is 23.1 Å². The molecule has 0 amide bonds. The van der Waals surface area contributed by atoms with Crippen molar-refractivity contribution in [2.45, 2.75) is 31.5 Å². The Morgan fingerprint density at radius 2 is 1.88 bits per heavy atom. The van der Waals surface area contributed by atoms with E-state index in [-0.39, 0.29) is 0 Å². The lowest BCUT2D eigenvalue weighted by molar-refractivity contribution is -0.142. The van der Waals surface area contributed by atoms with Crippen LogP contribution in [0.15, 0.2) is 66.7 Å². The molecule has 7 heteroatoms. The first-order valence-electron chi connectivity index (χ1n) is 10.8. The number of carboxylic acid groups (broad SMARTS) is 1. The zero-order valence-electron chi connectivity index (χ0n) is 18.2. The third-order valence-corrected chi connectivity index (χ3v) is 6.76. The van der Waals surface area contributed by atoms with Crippen LogP contribution in [0, 0.1) is 0 Å². The molecule has 1 N–H and O–H groups in total. The Labute approximate surface area is 203 Å². The third-order valence-electron chi connectivity index (χ3n) is 5.93. The molecule has 172 valence electrons. The Hall–Kier alpha value is -2.73. The molecule has 4 rings (SSSR count). The maximum Gasteiger partial charge on any atom is 0.320 e. The van der Waals surface area contributed by atoms with Crippen molar-refractivity contribution in [3.05, 3.63) is 93.5 Å². The van der Waals surface area contributed by atoms with Crippen LogP contribution in [0.4, 0.5) is 0 Å². The van der Waals surface area contributed by atoms with Crippen LogP contribution in [0.1, 0.15) is 35.6 Å². The molecule has 1 aliphatic heterocycles. The summed E-state index contributed by atoms with van der Waals surface area (Å²) in [6.07, 6.45) is 1.38. The Bertz CT molecular complexity index is 1120. The first-order valence-corrected chi connectivity index (χ1v) is 11.5. The van der Waals surface area contributed by atoms with Crippen LogP contribution in [0.3, 0.4) is 0 Å². The van der Waals surface area contributed by atoms with Gasteiger partial charge in [0.05, 0.1) is 23.2 Å². The van der Waals surface area contributed by atoms with Gasteiger partial charge in [0.2, 0.25) is 0 Å². The van der Waals surface area contributed by atoms with Crippen molar-refractivity contribution in [1.82, 2.24) is 4.90 Å². The van der Waals surface area contributed by atoms with Crippen LogP contribution in [0.25, 0.3) is 0 Å². The van der Waals surface area contributed by atoms with Gasteiger partial charge in [0.15, 0.2) is 11.5 Å². The van der Waals surface area contributed by atoms with E-state index in [1.807, 2.05) is 65.6 Å². The van der Waals surface area contributed by atoms with Crippen LogP contribution in [0.5, 0.6) is 11.5 Å². The highest BCUT2D eigenvalue weighted by atomic mass is 35.5. The minimum absolute atomic E-state index is 0.392. The molecular formula is C26H25Cl2NO4. The van der Waals surface area contributed by atoms with Crippen LogP contribution in [-0.2, 0) is 11.4 Å². The zero-order chi connectivity index (χ0) is 23.4. The molecule has 0 aliphatic carbocycles. The second kappa shape index (κ2) is 10.5. The van der Waals surface area contributed by atoms with E-state index >= 15 is 0 Å². The van der Waals surface area contributed by atoms with Crippen molar-refractivity contribution >= 4 is 29.2 Å². The number of nitrogens with zero attached hydrogens (tertiary/aromatic N) is 1. The number of likely N-dealkylation sites (tertiary alicyclic amines) is 1. The predicted octanol–water partition coefficient (Wildman–Crippen LogP) is 6.22. The van der Waals surface area contributed by atoms with Crippen molar-refractivity contribution in [2.24, 2.45) is 0 Å². The second-order valence-corrected chi connectivity index (χ2v) is 8.75. The second-order valence-electron chi connectivity index (χ2n) is 7.96. The summed E-state index contributed by atoms with van der Waals surface area (Å²) in [4.78, 5) is 14.0. The normalized spacial score (nSPS) is 17.0. The number of halogens is 2. The standard InChI is InChI=1S/C26H25Cl2NO4/c1-32-23-15-18(12-13-22(23)33-16-17-7-3-2-4-8-17)25(19-9-5-10-20(27)24(19)28)29-14-6-11-21(29)26(30)31/h2-5,7-10,12-13,15,21,25H,6,11,14,16H2,1H3,(H,30,31). The number of ether oxygens (including phenoxy) is 2. The molecule has 1 saturated heterocycles. The molecule has 33 heavy (non-hydrogen) atoms. The number of rotatable bonds is 8. The molecule has 3 aromatic rings. The average Bonchev–Trinajstić information content (AvgIpc) is 3.31. The van der Waals surface area contributed by atoms with Crippen LogP contribution >= 0.6 is 23.2 Å². The molecule has 0 spiro atoms. The number of aliphatic carboxylic acids is 1. The molecular weight excluding hydrogens is 461 g/mol. The Morgan fingerprint density at radius 1 is 1.09 bits per heavy atom. The largest absolute Gasteiger partial charge is 0.493 e. The monoisotopic (exact) mass is 485 g/mol. The Morgan fingerprint density at radius 3 is 2.61 bits per heavy atom. The summed E-state index contributed by atoms with van der Waals surface area (Å²) in [6.45, 7) is 1.05. The van der Waals surface area contributed by atoms with Gasteiger partial charge in [0.1, 0.15) is 12.6 Å². The van der Waals surface area contributed by atoms with E-state index in [1.54, 1.807) is 13.2 Å². The summed E-state index contributed by atoms with van der Waals surface area (Å²) < 4.78 is 11.6. The lowest BCUT2D eigenvalue weighted by atomic mass is 9.95. The van der Waals surface area contributed by atoms with Gasteiger partial charge < -0.3 is 14.6 Å². The zero-order valence-corrected chi connectivity index (χ0v) is 19.7. The van der Waals surface area contributed by atoms with Crippen molar-refractivity contribution in [3.8, 4) is 11.5 Å². The van der Waals surface area contributed by atoms with Crippen molar-refractivity contribution in [3.63, 3.8) is 0 Å².